The molecular formula is C32H47F2NO2. The fourth-order valence-electron chi connectivity index (χ4n) is 5.88. The van der Waals surface area contributed by atoms with Gasteiger partial charge in [0.25, 0.3) is 0 Å². The summed E-state index contributed by atoms with van der Waals surface area (Å²) in [5.41, 5.74) is 1.81. The van der Waals surface area contributed by atoms with Crippen LogP contribution in [-0.2, 0) is 17.4 Å². The number of hydrogen-bond acceptors (Lipinski definition) is 3. The number of nitrogens with zero attached hydrogens (tertiary/aromatic N) is 1. The summed E-state index contributed by atoms with van der Waals surface area (Å²) in [5.74, 6) is 0.490. The van der Waals surface area contributed by atoms with Crippen molar-refractivity contribution < 1.29 is 18.4 Å². The Labute approximate surface area is 223 Å². The fourth-order valence-corrected chi connectivity index (χ4v) is 5.88. The highest BCUT2D eigenvalue weighted by Crippen LogP contribution is 2.46. The number of benzene rings is 2. The molecule has 2 aromatic carbocycles. The van der Waals surface area contributed by atoms with E-state index in [1.54, 1.807) is 24.3 Å². The lowest BCUT2D eigenvalue weighted by molar-refractivity contribution is -0.283. The topological polar surface area (TPSA) is 21.7 Å². The molecule has 3 rings (SSSR count). The SMILES string of the molecule is CCCCCCCON1C(C)(C)CC(c2ccc(OC(F)(F)c3ccc(CCC)cc3)cc2)CC1(C)C. The second-order valence-electron chi connectivity index (χ2n) is 11.9. The first kappa shape index (κ1) is 29.6. The first-order valence-corrected chi connectivity index (χ1v) is 14.2. The van der Waals surface area contributed by atoms with Crippen LogP contribution in [0.2, 0.25) is 0 Å². The zero-order valence-electron chi connectivity index (χ0n) is 23.8. The van der Waals surface area contributed by atoms with E-state index in [9.17, 15) is 8.78 Å². The first-order chi connectivity index (χ1) is 17.5. The highest BCUT2D eigenvalue weighted by atomic mass is 19.3. The molecule has 1 aliphatic rings. The average molecular weight is 516 g/mol. The van der Waals surface area contributed by atoms with E-state index in [-0.39, 0.29) is 22.4 Å². The van der Waals surface area contributed by atoms with E-state index >= 15 is 0 Å². The Morgan fingerprint density at radius 3 is 1.97 bits per heavy atom. The summed E-state index contributed by atoms with van der Waals surface area (Å²) >= 11 is 0. The summed E-state index contributed by atoms with van der Waals surface area (Å²) in [4.78, 5) is 6.34. The van der Waals surface area contributed by atoms with E-state index in [2.05, 4.69) is 46.6 Å². The molecule has 1 aliphatic heterocycles. The zero-order chi connectivity index (χ0) is 27.1. The lowest BCUT2D eigenvalue weighted by Gasteiger charge is -2.54. The molecule has 0 bridgehead atoms. The Kier molecular flexibility index (Phi) is 10.2. The van der Waals surface area contributed by atoms with E-state index in [0.29, 0.717) is 5.92 Å². The molecule has 1 fully saturated rings. The van der Waals surface area contributed by atoms with Crippen LogP contribution in [0.1, 0.15) is 116 Å². The minimum absolute atomic E-state index is 0.127. The van der Waals surface area contributed by atoms with E-state index in [4.69, 9.17) is 9.57 Å². The van der Waals surface area contributed by atoms with Crippen LogP contribution in [-0.4, -0.2) is 22.7 Å². The van der Waals surface area contributed by atoms with Crippen LogP contribution in [0.15, 0.2) is 48.5 Å². The zero-order valence-corrected chi connectivity index (χ0v) is 23.8. The fraction of sp³-hybridized carbons (Fsp3) is 0.625. The molecule has 5 heteroatoms. The van der Waals surface area contributed by atoms with Crippen molar-refractivity contribution in [2.45, 2.75) is 122 Å². The van der Waals surface area contributed by atoms with Crippen LogP contribution in [0.3, 0.4) is 0 Å². The molecule has 3 nitrogen and oxygen atoms in total. The Bertz CT molecular complexity index is 936. The lowest BCUT2D eigenvalue weighted by Crippen LogP contribution is -2.59. The second-order valence-corrected chi connectivity index (χ2v) is 11.9. The summed E-state index contributed by atoms with van der Waals surface area (Å²) in [6, 6.07) is 13.7. The standard InChI is InChI=1S/C32H47F2NO2/c1-7-9-10-11-12-22-36-35-30(3,4)23-27(24-31(35,5)6)26-16-20-29(21-17-26)37-32(33,34)28-18-14-25(13-8-2)15-19-28/h14-21,27H,7-13,22-24H2,1-6H3. The van der Waals surface area contributed by atoms with Crippen LogP contribution in [0.4, 0.5) is 8.78 Å². The van der Waals surface area contributed by atoms with Crippen LogP contribution in [0, 0.1) is 0 Å². The highest BCUT2D eigenvalue weighted by molar-refractivity contribution is 5.32. The number of hydroxylamine groups is 2. The van der Waals surface area contributed by atoms with Gasteiger partial charge in [0.2, 0.25) is 0 Å². The number of ether oxygens (including phenoxy) is 1. The van der Waals surface area contributed by atoms with Gasteiger partial charge in [-0.3, -0.25) is 4.84 Å². The molecule has 1 saturated heterocycles. The Morgan fingerprint density at radius 2 is 1.41 bits per heavy atom. The number of alkyl halides is 2. The molecule has 0 aliphatic carbocycles. The van der Waals surface area contributed by atoms with Gasteiger partial charge in [0.15, 0.2) is 0 Å². The van der Waals surface area contributed by atoms with E-state index in [1.807, 2.05) is 12.1 Å². The maximum Gasteiger partial charge on any atom is 0.426 e. The minimum Gasteiger partial charge on any atom is -0.429 e. The third kappa shape index (κ3) is 8.00. The maximum absolute atomic E-state index is 14.8. The molecule has 1 heterocycles. The van der Waals surface area contributed by atoms with Gasteiger partial charge in [0.1, 0.15) is 5.75 Å². The highest BCUT2D eigenvalue weighted by Gasteiger charge is 2.46. The monoisotopic (exact) mass is 515 g/mol. The minimum atomic E-state index is -3.38. The van der Waals surface area contributed by atoms with Crippen molar-refractivity contribution in [2.75, 3.05) is 6.61 Å². The largest absolute Gasteiger partial charge is 0.429 e. The van der Waals surface area contributed by atoms with Gasteiger partial charge in [-0.25, -0.2) is 0 Å². The molecule has 2 aromatic rings. The molecule has 37 heavy (non-hydrogen) atoms. The third-order valence-corrected chi connectivity index (χ3v) is 7.49. The predicted octanol–water partition coefficient (Wildman–Crippen LogP) is 9.41. The van der Waals surface area contributed by atoms with Crippen molar-refractivity contribution >= 4 is 0 Å². The van der Waals surface area contributed by atoms with Crippen molar-refractivity contribution in [2.24, 2.45) is 0 Å². The van der Waals surface area contributed by atoms with Crippen molar-refractivity contribution in [3.05, 3.63) is 65.2 Å². The molecule has 0 amide bonds. The number of unbranched alkanes of at least 4 members (excludes halogenated alkanes) is 4. The van der Waals surface area contributed by atoms with E-state index < -0.39 is 6.11 Å². The molecule has 0 N–H and O–H groups in total. The van der Waals surface area contributed by atoms with E-state index in [0.717, 1.165) is 49.8 Å². The first-order valence-electron chi connectivity index (χ1n) is 14.2. The normalized spacial score (nSPS) is 18.2. The van der Waals surface area contributed by atoms with E-state index in [1.165, 1.54) is 37.8 Å². The second kappa shape index (κ2) is 12.7. The Hall–Kier alpha value is -1.98. The van der Waals surface area contributed by atoms with Crippen LogP contribution < -0.4 is 4.74 Å². The van der Waals surface area contributed by atoms with Crippen LogP contribution >= 0.6 is 0 Å². The number of rotatable bonds is 13. The molecule has 0 radical (unpaired) electrons. The summed E-state index contributed by atoms with van der Waals surface area (Å²) in [7, 11) is 0. The molecule has 0 unspecified atom stereocenters. The summed E-state index contributed by atoms with van der Waals surface area (Å²) in [5, 5.41) is 2.21. The summed E-state index contributed by atoms with van der Waals surface area (Å²) in [6.07, 6.45) is 6.46. The van der Waals surface area contributed by atoms with Crippen molar-refractivity contribution in [1.29, 1.82) is 0 Å². The Morgan fingerprint density at radius 1 is 0.811 bits per heavy atom. The van der Waals surface area contributed by atoms with Crippen LogP contribution in [0.5, 0.6) is 5.75 Å². The molecule has 0 atom stereocenters. The number of halogens is 2. The number of aryl methyl sites for hydroxylation is 1. The van der Waals surface area contributed by atoms with Gasteiger partial charge in [-0.15, -0.1) is 0 Å². The molecular weight excluding hydrogens is 468 g/mol. The maximum atomic E-state index is 14.8. The van der Waals surface area contributed by atoms with Gasteiger partial charge in [0.05, 0.1) is 12.2 Å². The van der Waals surface area contributed by atoms with Gasteiger partial charge < -0.3 is 4.74 Å². The van der Waals surface area contributed by atoms with Crippen molar-refractivity contribution in [1.82, 2.24) is 5.06 Å². The van der Waals surface area contributed by atoms with Crippen LogP contribution in [0.25, 0.3) is 0 Å². The smallest absolute Gasteiger partial charge is 0.426 e. The van der Waals surface area contributed by atoms with Gasteiger partial charge in [-0.1, -0.05) is 70.2 Å². The van der Waals surface area contributed by atoms with Gasteiger partial charge in [0, 0.05) is 11.1 Å². The summed E-state index contributed by atoms with van der Waals surface area (Å²) in [6.45, 7) is 14.0. The predicted molar refractivity (Wildman–Crippen MR) is 148 cm³/mol. The van der Waals surface area contributed by atoms with Gasteiger partial charge >= 0.3 is 6.11 Å². The quantitative estimate of drug-likeness (QED) is 0.248. The molecule has 0 saturated carbocycles. The third-order valence-electron chi connectivity index (χ3n) is 7.49. The van der Waals surface area contributed by atoms with Gasteiger partial charge in [-0.2, -0.15) is 13.8 Å². The van der Waals surface area contributed by atoms with Crippen molar-refractivity contribution in [3.63, 3.8) is 0 Å². The molecule has 0 spiro atoms. The Balaban J connectivity index is 1.62. The number of piperidine rings is 1. The summed E-state index contributed by atoms with van der Waals surface area (Å²) < 4.78 is 34.8. The van der Waals surface area contributed by atoms with Gasteiger partial charge in [-0.05, 0) is 94.7 Å². The molecule has 0 aromatic heterocycles. The molecule has 206 valence electrons. The lowest BCUT2D eigenvalue weighted by atomic mass is 9.72. The number of hydrogen-bond donors (Lipinski definition) is 0. The average Bonchev–Trinajstić information content (AvgIpc) is 2.83. The van der Waals surface area contributed by atoms with Crippen molar-refractivity contribution in [3.8, 4) is 5.75 Å².